The van der Waals surface area contributed by atoms with Gasteiger partial charge < -0.3 is 0 Å². The number of nitro groups is 1. The van der Waals surface area contributed by atoms with Crippen LogP contribution in [0.2, 0.25) is 5.02 Å². The fourth-order valence-electron chi connectivity index (χ4n) is 2.96. The zero-order chi connectivity index (χ0) is 21.8. The second kappa shape index (κ2) is 8.73. The molecule has 7 nitrogen and oxygen atoms in total. The second-order valence-electron chi connectivity index (χ2n) is 6.60. The Kier molecular flexibility index (Phi) is 5.68. The van der Waals surface area contributed by atoms with Gasteiger partial charge in [-0.3, -0.25) is 20.2 Å². The molecule has 0 spiro atoms. The molecule has 0 fully saturated rings. The number of non-ortho nitro benzene ring substituents is 1. The van der Waals surface area contributed by atoms with Crippen molar-refractivity contribution in [3.05, 3.63) is 106 Å². The van der Waals surface area contributed by atoms with E-state index in [1.54, 1.807) is 12.1 Å². The maximum atomic E-state index is 12.7. The van der Waals surface area contributed by atoms with E-state index < -0.39 is 10.8 Å². The number of nitrogens with zero attached hydrogens (tertiary/aromatic N) is 3. The number of anilines is 1. The van der Waals surface area contributed by atoms with Gasteiger partial charge in [-0.2, -0.15) is 0 Å². The molecular formula is C23H15ClN4O3. The Bertz CT molecular complexity index is 1260. The molecule has 4 rings (SSSR count). The number of aromatic nitrogens is 2. The summed E-state index contributed by atoms with van der Waals surface area (Å²) in [5.41, 5.74) is 2.83. The van der Waals surface area contributed by atoms with Gasteiger partial charge in [0.05, 0.1) is 16.3 Å². The number of amides is 1. The predicted octanol–water partition coefficient (Wildman–Crippen LogP) is 5.62. The molecule has 4 aromatic rings. The van der Waals surface area contributed by atoms with E-state index in [1.807, 2.05) is 48.5 Å². The molecular weight excluding hydrogens is 416 g/mol. The molecule has 0 unspecified atom stereocenters. The van der Waals surface area contributed by atoms with Crippen LogP contribution in [0.15, 0.2) is 84.9 Å². The van der Waals surface area contributed by atoms with Crippen LogP contribution in [0.4, 0.5) is 11.6 Å². The van der Waals surface area contributed by atoms with E-state index in [0.29, 0.717) is 16.4 Å². The Hall–Kier alpha value is -4.10. The molecule has 0 aliphatic carbocycles. The lowest BCUT2D eigenvalue weighted by atomic mass is 10.1. The van der Waals surface area contributed by atoms with Crippen LogP contribution in [-0.4, -0.2) is 20.8 Å². The molecule has 0 aliphatic heterocycles. The highest BCUT2D eigenvalue weighted by atomic mass is 35.5. The summed E-state index contributed by atoms with van der Waals surface area (Å²) >= 11 is 5.99. The molecule has 3 aromatic carbocycles. The van der Waals surface area contributed by atoms with Gasteiger partial charge in [0.1, 0.15) is 0 Å². The third-order valence-corrected chi connectivity index (χ3v) is 4.73. The third-order valence-electron chi connectivity index (χ3n) is 4.48. The fraction of sp³-hybridized carbons (Fsp3) is 0. The molecule has 1 aromatic heterocycles. The van der Waals surface area contributed by atoms with Crippen molar-refractivity contribution in [2.45, 2.75) is 0 Å². The number of carbonyl (C=O) groups excluding carboxylic acids is 1. The normalized spacial score (nSPS) is 10.5. The van der Waals surface area contributed by atoms with Gasteiger partial charge in [-0.05, 0) is 24.3 Å². The van der Waals surface area contributed by atoms with Gasteiger partial charge in [0.2, 0.25) is 5.95 Å². The van der Waals surface area contributed by atoms with Crippen molar-refractivity contribution in [3.63, 3.8) is 0 Å². The number of nitrogens with one attached hydrogen (secondary N) is 1. The monoisotopic (exact) mass is 430 g/mol. The quantitative estimate of drug-likeness (QED) is 0.327. The second-order valence-corrected chi connectivity index (χ2v) is 7.03. The van der Waals surface area contributed by atoms with Crippen LogP contribution in [0.25, 0.3) is 22.5 Å². The van der Waals surface area contributed by atoms with Crippen molar-refractivity contribution in [2.24, 2.45) is 0 Å². The molecule has 1 N–H and O–H groups in total. The maximum absolute atomic E-state index is 12.7. The summed E-state index contributed by atoms with van der Waals surface area (Å²) in [7, 11) is 0. The molecule has 8 heteroatoms. The summed E-state index contributed by atoms with van der Waals surface area (Å²) in [5.74, 6) is -0.459. The van der Waals surface area contributed by atoms with E-state index in [1.165, 1.54) is 24.3 Å². The minimum atomic E-state index is -0.554. The number of halogens is 1. The smallest absolute Gasteiger partial charge is 0.270 e. The highest BCUT2D eigenvalue weighted by Crippen LogP contribution is 2.26. The number of carbonyl (C=O) groups is 1. The molecule has 1 amide bonds. The molecule has 1 heterocycles. The van der Waals surface area contributed by atoms with Crippen LogP contribution in [0.5, 0.6) is 0 Å². The van der Waals surface area contributed by atoms with E-state index in [9.17, 15) is 14.9 Å². The average Bonchev–Trinajstić information content (AvgIpc) is 2.80. The standard InChI is InChI=1S/C23H15ClN4O3/c24-18-11-9-16(10-12-18)21-14-20(15-5-2-1-3-6-15)25-23(26-21)27-22(29)17-7-4-8-19(13-17)28(30)31/h1-14H,(H,25,26,27,29). The van der Waals surface area contributed by atoms with E-state index in [0.717, 1.165) is 11.1 Å². The fourth-order valence-corrected chi connectivity index (χ4v) is 3.09. The van der Waals surface area contributed by atoms with Gasteiger partial charge >= 0.3 is 0 Å². The first-order valence-corrected chi connectivity index (χ1v) is 9.64. The molecule has 0 radical (unpaired) electrons. The van der Waals surface area contributed by atoms with Crippen molar-refractivity contribution in [2.75, 3.05) is 5.32 Å². The van der Waals surface area contributed by atoms with Crippen molar-refractivity contribution in [1.29, 1.82) is 0 Å². The van der Waals surface area contributed by atoms with Gasteiger partial charge in [0.15, 0.2) is 0 Å². The Balaban J connectivity index is 1.73. The first-order valence-electron chi connectivity index (χ1n) is 9.26. The van der Waals surface area contributed by atoms with Gasteiger partial charge in [0.25, 0.3) is 11.6 Å². The average molecular weight is 431 g/mol. The number of benzene rings is 3. The minimum Gasteiger partial charge on any atom is -0.290 e. The lowest BCUT2D eigenvalue weighted by Crippen LogP contribution is -2.15. The zero-order valence-electron chi connectivity index (χ0n) is 16.0. The Morgan fingerprint density at radius 2 is 1.48 bits per heavy atom. The zero-order valence-corrected chi connectivity index (χ0v) is 16.8. The minimum absolute atomic E-state index is 0.0859. The van der Waals surface area contributed by atoms with E-state index in [-0.39, 0.29) is 17.2 Å². The maximum Gasteiger partial charge on any atom is 0.270 e. The predicted molar refractivity (Wildman–Crippen MR) is 119 cm³/mol. The molecule has 0 bridgehead atoms. The number of hydrogen-bond acceptors (Lipinski definition) is 5. The SMILES string of the molecule is O=C(Nc1nc(-c2ccccc2)cc(-c2ccc(Cl)cc2)n1)c1cccc([N+](=O)[O-])c1. The Morgan fingerprint density at radius 3 is 2.13 bits per heavy atom. The number of nitro benzene ring substituents is 1. The molecule has 0 saturated carbocycles. The topological polar surface area (TPSA) is 98.0 Å². The summed E-state index contributed by atoms with van der Waals surface area (Å²) in [4.78, 5) is 32.1. The van der Waals surface area contributed by atoms with Crippen LogP contribution in [0.3, 0.4) is 0 Å². The molecule has 31 heavy (non-hydrogen) atoms. The molecule has 0 aliphatic rings. The largest absolute Gasteiger partial charge is 0.290 e. The summed E-state index contributed by atoms with van der Waals surface area (Å²) < 4.78 is 0. The van der Waals surface area contributed by atoms with Crippen molar-refractivity contribution in [3.8, 4) is 22.5 Å². The molecule has 0 atom stereocenters. The van der Waals surface area contributed by atoms with Gasteiger partial charge in [-0.25, -0.2) is 9.97 Å². The first-order chi connectivity index (χ1) is 15.0. The summed E-state index contributed by atoms with van der Waals surface area (Å²) in [6.07, 6.45) is 0. The van der Waals surface area contributed by atoms with Crippen LogP contribution in [0.1, 0.15) is 10.4 Å². The van der Waals surface area contributed by atoms with Crippen LogP contribution in [-0.2, 0) is 0 Å². The lowest BCUT2D eigenvalue weighted by Gasteiger charge is -2.10. The van der Waals surface area contributed by atoms with Gasteiger partial charge in [-0.15, -0.1) is 0 Å². The van der Waals surface area contributed by atoms with Crippen molar-refractivity contribution < 1.29 is 9.72 Å². The third kappa shape index (κ3) is 4.73. The van der Waals surface area contributed by atoms with Crippen LogP contribution >= 0.6 is 11.6 Å². The summed E-state index contributed by atoms with van der Waals surface area (Å²) in [6, 6.07) is 23.9. The highest BCUT2D eigenvalue weighted by Gasteiger charge is 2.15. The Labute approximate surface area is 182 Å². The van der Waals surface area contributed by atoms with Gasteiger partial charge in [0, 0.05) is 33.8 Å². The lowest BCUT2D eigenvalue weighted by molar-refractivity contribution is -0.384. The number of hydrogen-bond donors (Lipinski definition) is 1. The summed E-state index contributed by atoms with van der Waals surface area (Å²) in [6.45, 7) is 0. The Morgan fingerprint density at radius 1 is 0.839 bits per heavy atom. The number of rotatable bonds is 5. The van der Waals surface area contributed by atoms with Crippen LogP contribution in [0, 0.1) is 10.1 Å². The van der Waals surface area contributed by atoms with Crippen molar-refractivity contribution >= 4 is 29.1 Å². The van der Waals surface area contributed by atoms with E-state index in [2.05, 4.69) is 15.3 Å². The van der Waals surface area contributed by atoms with Gasteiger partial charge in [-0.1, -0.05) is 60.1 Å². The first kappa shape index (κ1) is 20.2. The highest BCUT2D eigenvalue weighted by molar-refractivity contribution is 6.30. The summed E-state index contributed by atoms with van der Waals surface area (Å²) in [5, 5.41) is 14.2. The van der Waals surface area contributed by atoms with E-state index >= 15 is 0 Å². The van der Waals surface area contributed by atoms with Crippen LogP contribution < -0.4 is 5.32 Å². The van der Waals surface area contributed by atoms with Crippen molar-refractivity contribution in [1.82, 2.24) is 9.97 Å². The van der Waals surface area contributed by atoms with E-state index in [4.69, 9.17) is 11.6 Å². The molecule has 0 saturated heterocycles. The molecule has 152 valence electrons.